The number of hydrogen-bond donors (Lipinski definition) is 3. The number of ether oxygens (including phenoxy) is 1. The predicted octanol–water partition coefficient (Wildman–Crippen LogP) is 3.48. The van der Waals surface area contributed by atoms with Crippen LogP contribution in [0.5, 0.6) is 5.75 Å². The summed E-state index contributed by atoms with van der Waals surface area (Å²) < 4.78 is 43.5. The van der Waals surface area contributed by atoms with Crippen LogP contribution in [0.1, 0.15) is 51.7 Å². The molecule has 1 atom stereocenters. The van der Waals surface area contributed by atoms with Crippen LogP contribution < -0.4 is 21.1 Å². The topological polar surface area (TPSA) is 111 Å². The van der Waals surface area contributed by atoms with E-state index < -0.39 is 36.4 Å². The molecule has 1 heterocycles. The molecule has 0 bridgehead atoms. The normalized spacial score (nSPS) is 14.2. The highest BCUT2D eigenvalue weighted by atomic mass is 32.1. The SMILES string of the molecule is COc1ccc(C(CC(=O)Nc2sc3c(c2C(N)=O)CCCC3)NC(=O)C(F)(F)F)cc1. The van der Waals surface area contributed by atoms with Crippen molar-refractivity contribution >= 4 is 34.1 Å². The summed E-state index contributed by atoms with van der Waals surface area (Å²) in [6, 6.07) is 4.71. The molecule has 1 aliphatic rings. The van der Waals surface area contributed by atoms with Crippen molar-refractivity contribution in [2.75, 3.05) is 12.4 Å². The number of thiophene rings is 1. The third-order valence-corrected chi connectivity index (χ3v) is 6.35. The van der Waals surface area contributed by atoms with Crippen LogP contribution in [-0.2, 0) is 22.4 Å². The van der Waals surface area contributed by atoms with E-state index in [2.05, 4.69) is 5.32 Å². The fraction of sp³-hybridized carbons (Fsp3) is 0.381. The van der Waals surface area contributed by atoms with Gasteiger partial charge in [0, 0.05) is 4.88 Å². The molecule has 172 valence electrons. The zero-order valence-electron chi connectivity index (χ0n) is 17.2. The number of anilines is 1. The van der Waals surface area contributed by atoms with Crippen molar-refractivity contribution in [3.8, 4) is 5.75 Å². The van der Waals surface area contributed by atoms with E-state index in [1.807, 2.05) is 5.32 Å². The van der Waals surface area contributed by atoms with Gasteiger partial charge in [0.25, 0.3) is 5.91 Å². The number of nitrogens with one attached hydrogen (secondary N) is 2. The summed E-state index contributed by atoms with van der Waals surface area (Å²) >= 11 is 1.25. The van der Waals surface area contributed by atoms with Crippen molar-refractivity contribution in [3.05, 3.63) is 45.8 Å². The Hall–Kier alpha value is -3.08. The summed E-state index contributed by atoms with van der Waals surface area (Å²) in [7, 11) is 1.43. The first-order valence-electron chi connectivity index (χ1n) is 9.86. The Labute approximate surface area is 186 Å². The number of carbonyl (C=O) groups is 3. The molecule has 11 heteroatoms. The molecule has 1 unspecified atom stereocenters. The van der Waals surface area contributed by atoms with Gasteiger partial charge in [-0.2, -0.15) is 13.2 Å². The van der Waals surface area contributed by atoms with Gasteiger partial charge in [0.15, 0.2) is 0 Å². The number of halogens is 3. The van der Waals surface area contributed by atoms with Gasteiger partial charge in [-0.25, -0.2) is 0 Å². The molecular weight excluding hydrogens is 447 g/mol. The lowest BCUT2D eigenvalue weighted by Gasteiger charge is -2.20. The average Bonchev–Trinajstić information content (AvgIpc) is 3.10. The molecule has 0 saturated carbocycles. The molecule has 0 aliphatic heterocycles. The highest BCUT2D eigenvalue weighted by Crippen LogP contribution is 2.38. The third kappa shape index (κ3) is 5.39. The van der Waals surface area contributed by atoms with Crippen molar-refractivity contribution in [1.29, 1.82) is 0 Å². The zero-order chi connectivity index (χ0) is 23.5. The number of hydrogen-bond acceptors (Lipinski definition) is 5. The number of nitrogens with two attached hydrogens (primary N) is 1. The molecule has 3 amide bonds. The average molecular weight is 469 g/mol. The number of carbonyl (C=O) groups excluding carboxylic acids is 3. The molecule has 0 radical (unpaired) electrons. The van der Waals surface area contributed by atoms with Crippen molar-refractivity contribution in [2.45, 2.75) is 44.3 Å². The van der Waals surface area contributed by atoms with Gasteiger partial charge in [-0.1, -0.05) is 12.1 Å². The van der Waals surface area contributed by atoms with E-state index in [1.165, 1.54) is 42.7 Å². The van der Waals surface area contributed by atoms with E-state index in [0.29, 0.717) is 17.7 Å². The van der Waals surface area contributed by atoms with Crippen LogP contribution in [-0.4, -0.2) is 31.0 Å². The second-order valence-corrected chi connectivity index (χ2v) is 8.43. The smallest absolute Gasteiger partial charge is 0.471 e. The maximum Gasteiger partial charge on any atom is 0.471 e. The van der Waals surface area contributed by atoms with Gasteiger partial charge in [-0.05, 0) is 48.9 Å². The summed E-state index contributed by atoms with van der Waals surface area (Å²) in [5, 5.41) is 4.75. The fourth-order valence-corrected chi connectivity index (χ4v) is 4.92. The summed E-state index contributed by atoms with van der Waals surface area (Å²) in [6.45, 7) is 0. The van der Waals surface area contributed by atoms with Gasteiger partial charge in [0.2, 0.25) is 5.91 Å². The Balaban J connectivity index is 1.82. The number of benzene rings is 1. The number of fused-ring (bicyclic) bond motifs is 1. The monoisotopic (exact) mass is 469 g/mol. The van der Waals surface area contributed by atoms with E-state index in [4.69, 9.17) is 10.5 Å². The van der Waals surface area contributed by atoms with Crippen molar-refractivity contribution in [2.24, 2.45) is 5.73 Å². The van der Waals surface area contributed by atoms with Gasteiger partial charge >= 0.3 is 12.1 Å². The Morgan fingerprint density at radius 1 is 1.16 bits per heavy atom. The molecule has 3 rings (SSSR count). The lowest BCUT2D eigenvalue weighted by atomic mass is 9.95. The number of alkyl halides is 3. The van der Waals surface area contributed by atoms with Gasteiger partial charge < -0.3 is 21.1 Å². The van der Waals surface area contributed by atoms with Crippen LogP contribution in [0.25, 0.3) is 0 Å². The number of rotatable bonds is 7. The van der Waals surface area contributed by atoms with E-state index in [-0.39, 0.29) is 10.6 Å². The Kier molecular flexibility index (Phi) is 7.07. The van der Waals surface area contributed by atoms with Gasteiger partial charge in [0.05, 0.1) is 25.1 Å². The first kappa shape index (κ1) is 23.6. The van der Waals surface area contributed by atoms with Crippen LogP contribution in [0.4, 0.5) is 18.2 Å². The molecule has 4 N–H and O–H groups in total. The Morgan fingerprint density at radius 3 is 2.41 bits per heavy atom. The Morgan fingerprint density at radius 2 is 1.81 bits per heavy atom. The molecule has 2 aromatic rings. The number of amides is 3. The predicted molar refractivity (Wildman–Crippen MR) is 113 cm³/mol. The maximum absolute atomic E-state index is 12.8. The largest absolute Gasteiger partial charge is 0.497 e. The van der Waals surface area contributed by atoms with Crippen LogP contribution in [0.15, 0.2) is 24.3 Å². The van der Waals surface area contributed by atoms with Crippen molar-refractivity contribution < 1.29 is 32.3 Å². The minimum Gasteiger partial charge on any atom is -0.497 e. The molecule has 0 spiro atoms. The molecule has 1 aromatic heterocycles. The first-order chi connectivity index (χ1) is 15.1. The number of aryl methyl sites for hydroxylation is 1. The van der Waals surface area contributed by atoms with Crippen molar-refractivity contribution in [1.82, 2.24) is 5.32 Å². The second kappa shape index (κ2) is 9.60. The molecule has 32 heavy (non-hydrogen) atoms. The highest BCUT2D eigenvalue weighted by molar-refractivity contribution is 7.17. The summed E-state index contributed by atoms with van der Waals surface area (Å²) in [5.74, 6) is -3.02. The van der Waals surface area contributed by atoms with Gasteiger partial charge in [-0.3, -0.25) is 14.4 Å². The Bertz CT molecular complexity index is 1020. The van der Waals surface area contributed by atoms with Crippen LogP contribution in [0, 0.1) is 0 Å². The molecule has 0 fully saturated rings. The van der Waals surface area contributed by atoms with Crippen LogP contribution >= 0.6 is 11.3 Å². The molecule has 0 saturated heterocycles. The summed E-state index contributed by atoms with van der Waals surface area (Å²) in [6.07, 6.45) is -2.27. The van der Waals surface area contributed by atoms with Gasteiger partial charge in [0.1, 0.15) is 10.8 Å². The quantitative estimate of drug-likeness (QED) is 0.577. The highest BCUT2D eigenvalue weighted by Gasteiger charge is 2.40. The van der Waals surface area contributed by atoms with Crippen molar-refractivity contribution in [3.63, 3.8) is 0 Å². The molecular formula is C21H22F3N3O4S. The van der Waals surface area contributed by atoms with Crippen LogP contribution in [0.2, 0.25) is 0 Å². The minimum absolute atomic E-state index is 0.248. The zero-order valence-corrected chi connectivity index (χ0v) is 18.0. The van der Waals surface area contributed by atoms with E-state index in [1.54, 1.807) is 0 Å². The number of primary amides is 1. The second-order valence-electron chi connectivity index (χ2n) is 7.33. The van der Waals surface area contributed by atoms with E-state index in [9.17, 15) is 27.6 Å². The molecule has 1 aliphatic carbocycles. The van der Waals surface area contributed by atoms with E-state index in [0.717, 1.165) is 29.7 Å². The molecule has 1 aromatic carbocycles. The third-order valence-electron chi connectivity index (χ3n) is 5.14. The van der Waals surface area contributed by atoms with Crippen LogP contribution in [0.3, 0.4) is 0 Å². The minimum atomic E-state index is -5.10. The number of methoxy groups -OCH3 is 1. The van der Waals surface area contributed by atoms with Gasteiger partial charge in [-0.15, -0.1) is 11.3 Å². The lowest BCUT2D eigenvalue weighted by Crippen LogP contribution is -2.40. The fourth-order valence-electron chi connectivity index (χ4n) is 3.61. The van der Waals surface area contributed by atoms with E-state index >= 15 is 0 Å². The first-order valence-corrected chi connectivity index (χ1v) is 10.7. The standard InChI is InChI=1S/C21H22F3N3O4S/c1-31-12-8-6-11(7-9-12)14(26-20(30)21(22,23)24)10-16(28)27-19-17(18(25)29)13-4-2-3-5-15(13)32-19/h6-9,14H,2-5,10H2,1H3,(H2,25,29)(H,26,30)(H,27,28). The summed E-state index contributed by atoms with van der Waals surface area (Å²) in [5.41, 5.74) is 6.87. The maximum atomic E-state index is 12.8. The lowest BCUT2D eigenvalue weighted by molar-refractivity contribution is -0.174. The molecule has 7 nitrogen and oxygen atoms in total. The summed E-state index contributed by atoms with van der Waals surface area (Å²) in [4.78, 5) is 37.2.